The van der Waals surface area contributed by atoms with Gasteiger partial charge in [-0.15, -0.1) is 0 Å². The van der Waals surface area contributed by atoms with Crippen LogP contribution < -0.4 is 14.9 Å². The Morgan fingerprint density at radius 1 is 1.23 bits per heavy atom. The van der Waals surface area contributed by atoms with Crippen molar-refractivity contribution in [3.8, 4) is 11.5 Å². The number of aromatic hydroxyl groups is 1. The Hall–Kier alpha value is -2.63. The van der Waals surface area contributed by atoms with Gasteiger partial charge in [0.1, 0.15) is 16.7 Å². The zero-order valence-corrected chi connectivity index (χ0v) is 15.0. The van der Waals surface area contributed by atoms with Crippen molar-refractivity contribution in [2.45, 2.75) is 0 Å². The number of para-hydroxylation sites is 1. The van der Waals surface area contributed by atoms with Crippen LogP contribution in [0.3, 0.4) is 0 Å². The summed E-state index contributed by atoms with van der Waals surface area (Å²) in [4.78, 5) is 14.9. The number of nitrogens with zero attached hydrogens (tertiary/aromatic N) is 1. The number of hydrogen-bond acceptors (Lipinski definition) is 7. The van der Waals surface area contributed by atoms with Crippen molar-refractivity contribution in [2.24, 2.45) is 0 Å². The smallest absolute Gasteiger partial charge is 0.507 e. The Balaban J connectivity index is 1.96. The molecular weight excluding hydrogens is 357 g/mol. The van der Waals surface area contributed by atoms with Gasteiger partial charge >= 0.3 is 8.03 Å². The van der Waals surface area contributed by atoms with Crippen LogP contribution in [0.25, 0.3) is 21.9 Å². The van der Waals surface area contributed by atoms with Gasteiger partial charge in [0.2, 0.25) is 11.2 Å². The van der Waals surface area contributed by atoms with E-state index in [4.69, 9.17) is 13.7 Å². The van der Waals surface area contributed by atoms with Crippen molar-refractivity contribution >= 4 is 35.7 Å². The van der Waals surface area contributed by atoms with Crippen LogP contribution in [0, 0.1) is 0 Å². The van der Waals surface area contributed by atoms with E-state index in [1.54, 1.807) is 30.3 Å². The zero-order valence-electron chi connectivity index (χ0n) is 14.1. The number of hydrogen-bond donors (Lipinski definition) is 1. The summed E-state index contributed by atoms with van der Waals surface area (Å²) in [5, 5.41) is 10.8. The first kappa shape index (κ1) is 16.8. The Morgan fingerprint density at radius 2 is 2.00 bits per heavy atom. The lowest BCUT2D eigenvalue weighted by Gasteiger charge is -2.29. The molecule has 0 radical (unpaired) electrons. The minimum absolute atomic E-state index is 0.118. The van der Waals surface area contributed by atoms with Crippen molar-refractivity contribution in [1.29, 1.82) is 0 Å². The topological polar surface area (TPSA) is 89.2 Å². The van der Waals surface area contributed by atoms with E-state index in [1.165, 1.54) is 6.66 Å². The SMILES string of the molecule is C[P+](=O)Oc1cccc2c(=O)c3c(O)cc(N4CCOCC4)cc3oc12. The fraction of sp³-hybridized carbons (Fsp3) is 0.278. The van der Waals surface area contributed by atoms with Gasteiger partial charge in [0.25, 0.3) is 0 Å². The minimum Gasteiger partial charge on any atom is -0.507 e. The number of benzene rings is 2. The van der Waals surface area contributed by atoms with Gasteiger partial charge in [-0.25, -0.2) is 0 Å². The number of anilines is 1. The summed E-state index contributed by atoms with van der Waals surface area (Å²) in [6, 6.07) is 8.10. The molecule has 1 aliphatic rings. The van der Waals surface area contributed by atoms with Crippen LogP contribution in [-0.4, -0.2) is 38.1 Å². The van der Waals surface area contributed by atoms with Crippen LogP contribution in [0.2, 0.25) is 0 Å². The number of rotatable bonds is 3. The van der Waals surface area contributed by atoms with Gasteiger partial charge in [0, 0.05) is 30.9 Å². The van der Waals surface area contributed by atoms with E-state index >= 15 is 0 Å². The van der Waals surface area contributed by atoms with E-state index < -0.39 is 8.03 Å². The highest BCUT2D eigenvalue weighted by Gasteiger charge is 2.21. The third-order valence-corrected chi connectivity index (χ3v) is 4.79. The van der Waals surface area contributed by atoms with Crippen LogP contribution in [0.4, 0.5) is 5.69 Å². The summed E-state index contributed by atoms with van der Waals surface area (Å²) >= 11 is 0. The Kier molecular flexibility index (Phi) is 4.26. The van der Waals surface area contributed by atoms with E-state index in [2.05, 4.69) is 4.90 Å². The van der Waals surface area contributed by atoms with Gasteiger partial charge in [-0.05, 0) is 16.7 Å². The summed E-state index contributed by atoms with van der Waals surface area (Å²) in [5.74, 6) is 0.105. The molecule has 1 atom stereocenters. The van der Waals surface area contributed by atoms with Gasteiger partial charge in [-0.1, -0.05) is 6.07 Å². The maximum atomic E-state index is 12.9. The Morgan fingerprint density at radius 3 is 2.73 bits per heavy atom. The molecule has 1 fully saturated rings. The predicted octanol–water partition coefficient (Wildman–Crippen LogP) is 3.24. The largest absolute Gasteiger partial charge is 0.552 e. The van der Waals surface area contributed by atoms with Crippen LogP contribution >= 0.6 is 8.03 Å². The van der Waals surface area contributed by atoms with E-state index in [0.29, 0.717) is 26.3 Å². The number of phenolic OH excluding ortho intramolecular Hbond substituents is 1. The van der Waals surface area contributed by atoms with Crippen molar-refractivity contribution in [3.63, 3.8) is 0 Å². The molecular formula is C18H17NO6P+. The summed E-state index contributed by atoms with van der Waals surface area (Å²) in [5.41, 5.74) is 0.866. The van der Waals surface area contributed by atoms with Gasteiger partial charge in [0.05, 0.1) is 18.6 Å². The molecule has 0 spiro atoms. The van der Waals surface area contributed by atoms with Crippen molar-refractivity contribution < 1.29 is 23.3 Å². The molecule has 1 N–H and O–H groups in total. The molecule has 8 heteroatoms. The van der Waals surface area contributed by atoms with E-state index in [1.807, 2.05) is 0 Å². The number of morpholine rings is 1. The van der Waals surface area contributed by atoms with Crippen LogP contribution in [-0.2, 0) is 9.30 Å². The molecule has 0 saturated carbocycles. The molecule has 0 amide bonds. The summed E-state index contributed by atoms with van der Waals surface area (Å²) < 4.78 is 28.0. The standard InChI is InChI=1S/C18H16NO6P/c1-26(22)25-14-4-2-3-12-17(21)16-13(20)9-11(10-15(16)24-18(12)14)19-5-7-23-8-6-19/h2-4,9-10H,5-8H2,1H3/p+1. The molecule has 0 bridgehead atoms. The highest BCUT2D eigenvalue weighted by molar-refractivity contribution is 7.38. The molecule has 26 heavy (non-hydrogen) atoms. The number of phenols is 1. The third-order valence-electron chi connectivity index (χ3n) is 4.33. The van der Waals surface area contributed by atoms with Gasteiger partial charge in [0.15, 0.2) is 12.2 Å². The number of ether oxygens (including phenoxy) is 1. The lowest BCUT2D eigenvalue weighted by atomic mass is 10.1. The Bertz CT molecular complexity index is 1070. The first-order valence-electron chi connectivity index (χ1n) is 8.18. The second-order valence-corrected chi connectivity index (χ2v) is 7.09. The highest BCUT2D eigenvalue weighted by Crippen LogP contribution is 2.35. The maximum absolute atomic E-state index is 12.9. The lowest BCUT2D eigenvalue weighted by molar-refractivity contribution is 0.122. The van der Waals surface area contributed by atoms with Crippen molar-refractivity contribution in [2.75, 3.05) is 37.9 Å². The van der Waals surface area contributed by atoms with Crippen molar-refractivity contribution in [1.82, 2.24) is 0 Å². The van der Waals surface area contributed by atoms with E-state index in [-0.39, 0.29) is 38.9 Å². The Labute approximate surface area is 149 Å². The molecule has 0 aliphatic carbocycles. The third kappa shape index (κ3) is 2.89. The minimum atomic E-state index is -1.91. The van der Waals surface area contributed by atoms with Crippen LogP contribution in [0.15, 0.2) is 39.5 Å². The fourth-order valence-corrected chi connectivity index (χ4v) is 3.58. The molecule has 4 rings (SSSR count). The van der Waals surface area contributed by atoms with Gasteiger partial charge in [-0.3, -0.25) is 9.32 Å². The molecule has 7 nitrogen and oxygen atoms in total. The van der Waals surface area contributed by atoms with Crippen LogP contribution in [0.1, 0.15) is 0 Å². The highest BCUT2D eigenvalue weighted by atomic mass is 31.1. The summed E-state index contributed by atoms with van der Waals surface area (Å²) in [6.45, 7) is 4.00. The average molecular weight is 374 g/mol. The second-order valence-electron chi connectivity index (χ2n) is 6.03. The molecule has 1 saturated heterocycles. The first-order valence-corrected chi connectivity index (χ1v) is 9.81. The maximum Gasteiger partial charge on any atom is 0.552 e. The molecule has 2 aromatic carbocycles. The molecule has 1 unspecified atom stereocenters. The lowest BCUT2D eigenvalue weighted by Crippen LogP contribution is -2.36. The fourth-order valence-electron chi connectivity index (χ4n) is 3.15. The summed E-state index contributed by atoms with van der Waals surface area (Å²) in [7, 11) is -1.91. The molecule has 1 aliphatic heterocycles. The average Bonchev–Trinajstić information content (AvgIpc) is 2.62. The van der Waals surface area contributed by atoms with Crippen LogP contribution in [0.5, 0.6) is 11.5 Å². The van der Waals surface area contributed by atoms with Gasteiger partial charge in [-0.2, -0.15) is 0 Å². The van der Waals surface area contributed by atoms with Gasteiger partial charge < -0.3 is 19.2 Å². The van der Waals surface area contributed by atoms with E-state index in [0.717, 1.165) is 5.69 Å². The first-order chi connectivity index (χ1) is 12.5. The molecule has 134 valence electrons. The molecule has 1 aromatic heterocycles. The molecule has 3 aromatic rings. The zero-order chi connectivity index (χ0) is 18.3. The monoisotopic (exact) mass is 374 g/mol. The molecule has 2 heterocycles. The number of fused-ring (bicyclic) bond motifs is 2. The van der Waals surface area contributed by atoms with E-state index in [9.17, 15) is 14.5 Å². The summed E-state index contributed by atoms with van der Waals surface area (Å²) in [6.07, 6.45) is 0. The normalized spacial score (nSPS) is 15.4. The predicted molar refractivity (Wildman–Crippen MR) is 98.8 cm³/mol. The second kappa shape index (κ2) is 6.59. The van der Waals surface area contributed by atoms with Crippen molar-refractivity contribution in [3.05, 3.63) is 40.6 Å². The quantitative estimate of drug-likeness (QED) is 0.556.